The third kappa shape index (κ3) is 3.87. The van der Waals surface area contributed by atoms with Gasteiger partial charge in [-0.25, -0.2) is 12.8 Å². The van der Waals surface area contributed by atoms with Gasteiger partial charge in [-0.3, -0.25) is 4.79 Å². The predicted octanol–water partition coefficient (Wildman–Crippen LogP) is 2.69. The number of hydrogen-bond acceptors (Lipinski definition) is 3. The van der Waals surface area contributed by atoms with Gasteiger partial charge in [0.1, 0.15) is 5.82 Å². The standard InChI is InChI=1S/C18H25FN2O3S/c1-14-7-8-15(19)13-17(14)25(23,24)21-11-3-2-5-16(21)9-12-20-10-4-6-18(20)22/h7-8,13,16H,2-6,9-12H2,1H3/t16-/m0/s1. The zero-order chi connectivity index (χ0) is 18.0. The van der Waals surface area contributed by atoms with Crippen molar-refractivity contribution in [2.75, 3.05) is 19.6 Å². The maximum Gasteiger partial charge on any atom is 0.243 e. The lowest BCUT2D eigenvalue weighted by atomic mass is 10.0. The Morgan fingerprint density at radius 3 is 2.72 bits per heavy atom. The summed E-state index contributed by atoms with van der Waals surface area (Å²) >= 11 is 0. The van der Waals surface area contributed by atoms with Crippen LogP contribution < -0.4 is 0 Å². The highest BCUT2D eigenvalue weighted by atomic mass is 32.2. The lowest BCUT2D eigenvalue weighted by molar-refractivity contribution is -0.127. The van der Waals surface area contributed by atoms with E-state index in [1.807, 2.05) is 4.90 Å². The molecule has 2 aliphatic rings. The Morgan fingerprint density at radius 1 is 1.20 bits per heavy atom. The molecule has 0 spiro atoms. The number of halogens is 1. The first kappa shape index (κ1) is 18.3. The second kappa shape index (κ2) is 7.41. The number of likely N-dealkylation sites (tertiary alicyclic amines) is 1. The van der Waals surface area contributed by atoms with Gasteiger partial charge in [0.05, 0.1) is 4.90 Å². The van der Waals surface area contributed by atoms with Crippen LogP contribution in [0.2, 0.25) is 0 Å². The van der Waals surface area contributed by atoms with Crippen molar-refractivity contribution in [2.24, 2.45) is 0 Å². The van der Waals surface area contributed by atoms with Crippen LogP contribution in [0.25, 0.3) is 0 Å². The van der Waals surface area contributed by atoms with Gasteiger partial charge in [0, 0.05) is 32.1 Å². The molecule has 0 aliphatic carbocycles. The minimum Gasteiger partial charge on any atom is -0.343 e. The largest absolute Gasteiger partial charge is 0.343 e. The molecule has 2 saturated heterocycles. The van der Waals surface area contributed by atoms with Crippen molar-refractivity contribution in [2.45, 2.75) is 56.4 Å². The number of piperidine rings is 1. The van der Waals surface area contributed by atoms with Crippen molar-refractivity contribution in [1.82, 2.24) is 9.21 Å². The van der Waals surface area contributed by atoms with Crippen LogP contribution >= 0.6 is 0 Å². The minimum atomic E-state index is -3.73. The van der Waals surface area contributed by atoms with Crippen molar-refractivity contribution in [3.8, 4) is 0 Å². The van der Waals surface area contributed by atoms with Crippen LogP contribution in [0.3, 0.4) is 0 Å². The van der Waals surface area contributed by atoms with Crippen LogP contribution in [-0.4, -0.2) is 49.2 Å². The topological polar surface area (TPSA) is 57.7 Å². The van der Waals surface area contributed by atoms with E-state index >= 15 is 0 Å². The van der Waals surface area contributed by atoms with E-state index in [0.717, 1.165) is 38.3 Å². The number of sulfonamides is 1. The van der Waals surface area contributed by atoms with Crippen LogP contribution in [-0.2, 0) is 14.8 Å². The molecule has 1 aromatic rings. The van der Waals surface area contributed by atoms with Crippen molar-refractivity contribution in [3.63, 3.8) is 0 Å². The van der Waals surface area contributed by atoms with Crippen molar-refractivity contribution in [3.05, 3.63) is 29.6 Å². The predicted molar refractivity (Wildman–Crippen MR) is 93.1 cm³/mol. The van der Waals surface area contributed by atoms with Gasteiger partial charge in [-0.2, -0.15) is 4.31 Å². The maximum absolute atomic E-state index is 13.6. The zero-order valence-corrected chi connectivity index (χ0v) is 15.4. The van der Waals surface area contributed by atoms with Crippen LogP contribution in [0.5, 0.6) is 0 Å². The number of nitrogens with zero attached hydrogens (tertiary/aromatic N) is 2. The maximum atomic E-state index is 13.6. The lowest BCUT2D eigenvalue weighted by Crippen LogP contribution is -2.45. The van der Waals surface area contributed by atoms with Gasteiger partial charge >= 0.3 is 0 Å². The van der Waals surface area contributed by atoms with E-state index in [2.05, 4.69) is 0 Å². The van der Waals surface area contributed by atoms with Gasteiger partial charge < -0.3 is 4.90 Å². The average molecular weight is 368 g/mol. The van der Waals surface area contributed by atoms with Gasteiger partial charge in [0.15, 0.2) is 0 Å². The molecular formula is C18H25FN2O3S. The Labute approximate surface area is 148 Å². The second-order valence-electron chi connectivity index (χ2n) is 6.95. The molecule has 1 amide bonds. The molecule has 0 unspecified atom stereocenters. The molecule has 138 valence electrons. The SMILES string of the molecule is Cc1ccc(F)cc1S(=O)(=O)N1CCCC[C@H]1CCN1CCCC1=O. The van der Waals surface area contributed by atoms with E-state index in [1.54, 1.807) is 6.92 Å². The summed E-state index contributed by atoms with van der Waals surface area (Å²) in [5.74, 6) is -0.383. The smallest absolute Gasteiger partial charge is 0.243 e. The first-order chi connectivity index (χ1) is 11.9. The van der Waals surface area contributed by atoms with E-state index in [9.17, 15) is 17.6 Å². The highest BCUT2D eigenvalue weighted by Gasteiger charge is 2.35. The van der Waals surface area contributed by atoms with Gasteiger partial charge in [-0.1, -0.05) is 12.5 Å². The summed E-state index contributed by atoms with van der Waals surface area (Å²) in [7, 11) is -3.73. The molecule has 1 atom stereocenters. The average Bonchev–Trinajstić information content (AvgIpc) is 3.00. The van der Waals surface area contributed by atoms with Gasteiger partial charge in [-0.05, 0) is 50.3 Å². The highest BCUT2D eigenvalue weighted by molar-refractivity contribution is 7.89. The van der Waals surface area contributed by atoms with Crippen molar-refractivity contribution >= 4 is 15.9 Å². The monoisotopic (exact) mass is 368 g/mol. The zero-order valence-electron chi connectivity index (χ0n) is 14.6. The molecule has 1 aromatic carbocycles. The molecule has 2 heterocycles. The summed E-state index contributed by atoms with van der Waals surface area (Å²) in [5.41, 5.74) is 0.556. The number of carbonyl (C=O) groups excluding carboxylic acids is 1. The third-order valence-corrected chi connectivity index (χ3v) is 7.31. The quantitative estimate of drug-likeness (QED) is 0.803. The van der Waals surface area contributed by atoms with E-state index in [1.165, 1.54) is 16.4 Å². The van der Waals surface area contributed by atoms with Crippen molar-refractivity contribution in [1.29, 1.82) is 0 Å². The molecule has 25 heavy (non-hydrogen) atoms. The van der Waals surface area contributed by atoms with Crippen LogP contribution in [0.15, 0.2) is 23.1 Å². The molecular weight excluding hydrogens is 343 g/mol. The Kier molecular flexibility index (Phi) is 5.43. The number of benzene rings is 1. The van der Waals surface area contributed by atoms with E-state index in [0.29, 0.717) is 31.5 Å². The van der Waals surface area contributed by atoms with Crippen molar-refractivity contribution < 1.29 is 17.6 Å². The van der Waals surface area contributed by atoms with Crippen LogP contribution in [0, 0.1) is 12.7 Å². The number of hydrogen-bond donors (Lipinski definition) is 0. The molecule has 2 fully saturated rings. The number of aryl methyl sites for hydroxylation is 1. The Hall–Kier alpha value is -1.47. The fourth-order valence-electron chi connectivity index (χ4n) is 3.80. The normalized spacial score (nSPS) is 22.6. The molecule has 0 N–H and O–H groups in total. The third-order valence-electron chi connectivity index (χ3n) is 5.21. The molecule has 0 saturated carbocycles. The Morgan fingerprint density at radius 2 is 2.00 bits per heavy atom. The van der Waals surface area contributed by atoms with E-state index in [4.69, 9.17) is 0 Å². The number of carbonyl (C=O) groups is 1. The summed E-state index contributed by atoms with van der Waals surface area (Å²) in [6.45, 7) is 3.50. The van der Waals surface area contributed by atoms with E-state index < -0.39 is 15.8 Å². The molecule has 0 radical (unpaired) electrons. The number of amides is 1. The summed E-state index contributed by atoms with van der Waals surface area (Å²) in [6, 6.07) is 3.76. The molecule has 7 heteroatoms. The van der Waals surface area contributed by atoms with E-state index in [-0.39, 0.29) is 16.8 Å². The van der Waals surface area contributed by atoms with Crippen LogP contribution in [0.4, 0.5) is 4.39 Å². The number of rotatable bonds is 5. The first-order valence-corrected chi connectivity index (χ1v) is 10.4. The molecule has 3 rings (SSSR count). The van der Waals surface area contributed by atoms with Crippen LogP contribution in [0.1, 0.15) is 44.1 Å². The molecule has 0 bridgehead atoms. The summed E-state index contributed by atoms with van der Waals surface area (Å²) < 4.78 is 41.4. The summed E-state index contributed by atoms with van der Waals surface area (Å²) in [4.78, 5) is 13.7. The minimum absolute atomic E-state index is 0.0525. The molecule has 0 aromatic heterocycles. The van der Waals surface area contributed by atoms with Gasteiger partial charge in [0.25, 0.3) is 0 Å². The summed E-state index contributed by atoms with van der Waals surface area (Å²) in [5, 5.41) is 0. The Balaban J connectivity index is 1.79. The first-order valence-electron chi connectivity index (χ1n) is 8.95. The lowest BCUT2D eigenvalue weighted by Gasteiger charge is -2.35. The summed E-state index contributed by atoms with van der Waals surface area (Å²) in [6.07, 6.45) is 4.69. The fraction of sp³-hybridized carbons (Fsp3) is 0.611. The van der Waals surface area contributed by atoms with Gasteiger partial charge in [-0.15, -0.1) is 0 Å². The fourth-order valence-corrected chi connectivity index (χ4v) is 5.76. The molecule has 5 nitrogen and oxygen atoms in total. The highest BCUT2D eigenvalue weighted by Crippen LogP contribution is 2.29. The Bertz CT molecular complexity index is 751. The molecule has 2 aliphatic heterocycles. The second-order valence-corrected chi connectivity index (χ2v) is 8.81. The van der Waals surface area contributed by atoms with Gasteiger partial charge in [0.2, 0.25) is 15.9 Å².